The highest BCUT2D eigenvalue weighted by atomic mass is 16.5. The maximum absolute atomic E-state index is 13.2. The van der Waals surface area contributed by atoms with E-state index in [9.17, 15) is 9.59 Å². The molecule has 3 aromatic carbocycles. The number of rotatable bonds is 7. The summed E-state index contributed by atoms with van der Waals surface area (Å²) in [5.41, 5.74) is 7.17. The molecule has 0 aliphatic heterocycles. The van der Waals surface area contributed by atoms with Crippen LogP contribution in [0.25, 0.3) is 33.1 Å². The van der Waals surface area contributed by atoms with E-state index < -0.39 is 0 Å². The molecule has 2 aromatic heterocycles. The summed E-state index contributed by atoms with van der Waals surface area (Å²) in [7, 11) is 0. The molecule has 0 aliphatic carbocycles. The number of ether oxygens (including phenoxy) is 1. The summed E-state index contributed by atoms with van der Waals surface area (Å²) in [4.78, 5) is 30.0. The number of esters is 1. The number of nitrogens with zero attached hydrogens (tertiary/aromatic N) is 3. The van der Waals surface area contributed by atoms with Crippen molar-refractivity contribution in [1.29, 1.82) is 0 Å². The number of nitrogens with one attached hydrogen (secondary N) is 1. The molecule has 0 spiro atoms. The number of pyridine rings is 1. The van der Waals surface area contributed by atoms with E-state index in [4.69, 9.17) is 9.72 Å². The zero-order valence-electron chi connectivity index (χ0n) is 19.7. The number of hydrazone groups is 1. The Morgan fingerprint density at radius 3 is 2.50 bits per heavy atom. The van der Waals surface area contributed by atoms with E-state index in [2.05, 4.69) is 10.5 Å². The third-order valence-corrected chi connectivity index (χ3v) is 5.82. The Morgan fingerprint density at radius 1 is 0.972 bits per heavy atom. The van der Waals surface area contributed by atoms with Crippen molar-refractivity contribution in [1.82, 2.24) is 15.0 Å². The lowest BCUT2D eigenvalue weighted by Gasteiger charge is -2.09. The molecule has 0 aliphatic rings. The zero-order chi connectivity index (χ0) is 24.9. The quantitative estimate of drug-likeness (QED) is 0.199. The van der Waals surface area contributed by atoms with Gasteiger partial charge in [-0.2, -0.15) is 5.10 Å². The van der Waals surface area contributed by atoms with Gasteiger partial charge in [0.1, 0.15) is 6.54 Å². The van der Waals surface area contributed by atoms with E-state index in [1.54, 1.807) is 19.2 Å². The molecule has 0 saturated heterocycles. The summed E-state index contributed by atoms with van der Waals surface area (Å²) in [6.45, 7) is 2.20. The fraction of sp³-hybridized carbons (Fsp3) is 0.103. The lowest BCUT2D eigenvalue weighted by atomic mass is 10.0. The van der Waals surface area contributed by atoms with Crippen LogP contribution < -0.4 is 5.43 Å². The van der Waals surface area contributed by atoms with Crippen LogP contribution in [0.5, 0.6) is 0 Å². The van der Waals surface area contributed by atoms with E-state index in [-0.39, 0.29) is 18.4 Å². The first-order chi connectivity index (χ1) is 17.6. The predicted molar refractivity (Wildman–Crippen MR) is 141 cm³/mol. The summed E-state index contributed by atoms with van der Waals surface area (Å²) in [5, 5.41) is 5.89. The molecule has 5 aromatic rings. The van der Waals surface area contributed by atoms with Crippen molar-refractivity contribution in [3.05, 3.63) is 102 Å². The first-order valence-corrected chi connectivity index (χ1v) is 11.7. The molecule has 7 heteroatoms. The largest absolute Gasteiger partial charge is 0.465 e. The van der Waals surface area contributed by atoms with Gasteiger partial charge in [0, 0.05) is 33.6 Å². The molecule has 0 bridgehead atoms. The Morgan fingerprint density at radius 2 is 1.69 bits per heavy atom. The van der Waals surface area contributed by atoms with Gasteiger partial charge in [-0.1, -0.05) is 66.7 Å². The molecule has 5 rings (SSSR count). The van der Waals surface area contributed by atoms with Crippen LogP contribution in [0, 0.1) is 0 Å². The highest BCUT2D eigenvalue weighted by molar-refractivity contribution is 6.07. The highest BCUT2D eigenvalue weighted by Crippen LogP contribution is 2.25. The van der Waals surface area contributed by atoms with Crippen LogP contribution >= 0.6 is 0 Å². The molecule has 1 amide bonds. The summed E-state index contributed by atoms with van der Waals surface area (Å²) in [6.07, 6.45) is 3.41. The van der Waals surface area contributed by atoms with E-state index >= 15 is 0 Å². The average molecular weight is 477 g/mol. The fourth-order valence-corrected chi connectivity index (χ4v) is 4.20. The Balaban J connectivity index is 1.43. The third kappa shape index (κ3) is 4.72. The van der Waals surface area contributed by atoms with Gasteiger partial charge in [0.05, 0.1) is 29.6 Å². The molecular weight excluding hydrogens is 452 g/mol. The number of fused-ring (bicyclic) bond motifs is 2. The molecular formula is C29H24N4O3. The SMILES string of the molecule is CCOC(=O)Cn1cc(/C=N\NC(=O)c2cc(-c3ccccc3)nc3ccccc23)c2ccccc21. The molecule has 0 atom stereocenters. The number of hydrogen-bond acceptors (Lipinski definition) is 5. The minimum Gasteiger partial charge on any atom is -0.465 e. The molecule has 36 heavy (non-hydrogen) atoms. The molecule has 7 nitrogen and oxygen atoms in total. The first kappa shape index (κ1) is 23.0. The minimum atomic E-state index is -0.336. The van der Waals surface area contributed by atoms with Crippen LogP contribution in [0.15, 0.2) is 96.2 Å². The van der Waals surface area contributed by atoms with Crippen LogP contribution in [0.2, 0.25) is 0 Å². The van der Waals surface area contributed by atoms with E-state index in [0.29, 0.717) is 17.9 Å². The minimum absolute atomic E-state index is 0.0970. The Kier molecular flexibility index (Phi) is 6.53. The smallest absolute Gasteiger partial charge is 0.325 e. The second-order valence-electron chi connectivity index (χ2n) is 8.17. The van der Waals surface area contributed by atoms with Crippen molar-refractivity contribution < 1.29 is 14.3 Å². The number of aromatic nitrogens is 2. The van der Waals surface area contributed by atoms with Crippen LogP contribution in [0.4, 0.5) is 0 Å². The Labute approximate surface area is 208 Å². The fourth-order valence-electron chi connectivity index (χ4n) is 4.20. The van der Waals surface area contributed by atoms with E-state index in [1.807, 2.05) is 89.6 Å². The second-order valence-corrected chi connectivity index (χ2v) is 8.17. The molecule has 2 heterocycles. The molecule has 0 unspecified atom stereocenters. The lowest BCUT2D eigenvalue weighted by molar-refractivity contribution is -0.143. The summed E-state index contributed by atoms with van der Waals surface area (Å²) < 4.78 is 6.91. The maximum Gasteiger partial charge on any atom is 0.325 e. The van der Waals surface area contributed by atoms with Gasteiger partial charge >= 0.3 is 5.97 Å². The van der Waals surface area contributed by atoms with Crippen molar-refractivity contribution in [3.8, 4) is 11.3 Å². The van der Waals surface area contributed by atoms with Gasteiger partial charge in [-0.05, 0) is 25.1 Å². The van der Waals surface area contributed by atoms with Gasteiger partial charge in [-0.15, -0.1) is 0 Å². The van der Waals surface area contributed by atoms with Gasteiger partial charge in [-0.25, -0.2) is 10.4 Å². The van der Waals surface area contributed by atoms with Crippen molar-refractivity contribution >= 4 is 39.9 Å². The zero-order valence-corrected chi connectivity index (χ0v) is 19.7. The standard InChI is InChI=1S/C29H24N4O3/c1-2-36-28(34)19-33-18-21(22-12-7-9-15-27(22)33)17-30-32-29(35)24-16-26(20-10-4-3-5-11-20)31-25-14-8-6-13-23(24)25/h3-18H,2,19H2,1H3,(H,32,35)/b30-17-. The van der Waals surface area contributed by atoms with Gasteiger partial charge < -0.3 is 9.30 Å². The number of carbonyl (C=O) groups is 2. The van der Waals surface area contributed by atoms with Crippen molar-refractivity contribution in [2.75, 3.05) is 6.61 Å². The third-order valence-electron chi connectivity index (χ3n) is 5.82. The summed E-state index contributed by atoms with van der Waals surface area (Å²) in [6, 6.07) is 26.8. The number of para-hydroxylation sites is 2. The van der Waals surface area contributed by atoms with Crippen molar-refractivity contribution in [2.24, 2.45) is 5.10 Å². The monoisotopic (exact) mass is 476 g/mol. The summed E-state index contributed by atoms with van der Waals surface area (Å²) >= 11 is 0. The topological polar surface area (TPSA) is 85.6 Å². The average Bonchev–Trinajstić information content (AvgIpc) is 3.25. The Hall–Kier alpha value is -4.78. The molecule has 1 N–H and O–H groups in total. The number of amides is 1. The highest BCUT2D eigenvalue weighted by Gasteiger charge is 2.14. The normalized spacial score (nSPS) is 11.2. The first-order valence-electron chi connectivity index (χ1n) is 11.7. The number of carbonyl (C=O) groups excluding carboxylic acids is 2. The number of benzene rings is 3. The molecule has 0 saturated carbocycles. The van der Waals surface area contributed by atoms with E-state index in [1.165, 1.54) is 0 Å². The summed E-state index contributed by atoms with van der Waals surface area (Å²) in [5.74, 6) is -0.647. The molecule has 178 valence electrons. The van der Waals surface area contributed by atoms with Crippen LogP contribution in [-0.2, 0) is 16.1 Å². The van der Waals surface area contributed by atoms with Gasteiger partial charge in [0.25, 0.3) is 5.91 Å². The van der Waals surface area contributed by atoms with Gasteiger partial charge in [-0.3, -0.25) is 9.59 Å². The van der Waals surface area contributed by atoms with Gasteiger partial charge in [0.15, 0.2) is 0 Å². The van der Waals surface area contributed by atoms with Crippen LogP contribution in [-0.4, -0.2) is 34.2 Å². The van der Waals surface area contributed by atoms with Crippen LogP contribution in [0.3, 0.4) is 0 Å². The maximum atomic E-state index is 13.2. The van der Waals surface area contributed by atoms with Gasteiger partial charge in [0.2, 0.25) is 0 Å². The second kappa shape index (κ2) is 10.2. The molecule has 0 fully saturated rings. The van der Waals surface area contributed by atoms with E-state index in [0.717, 1.165) is 32.9 Å². The Bertz CT molecular complexity index is 1590. The molecule has 0 radical (unpaired) electrons. The van der Waals surface area contributed by atoms with Crippen molar-refractivity contribution in [2.45, 2.75) is 13.5 Å². The lowest BCUT2D eigenvalue weighted by Crippen LogP contribution is -2.18. The van der Waals surface area contributed by atoms with Crippen molar-refractivity contribution in [3.63, 3.8) is 0 Å². The van der Waals surface area contributed by atoms with Crippen LogP contribution in [0.1, 0.15) is 22.8 Å². The number of hydrogen-bond donors (Lipinski definition) is 1. The predicted octanol–water partition coefficient (Wildman–Crippen LogP) is 5.18.